The van der Waals surface area contributed by atoms with E-state index in [1.165, 1.54) is 0 Å². The van der Waals surface area contributed by atoms with Crippen molar-refractivity contribution >= 4 is 8.32 Å². The number of rotatable bonds is 3. The molecule has 0 aliphatic heterocycles. The van der Waals surface area contributed by atoms with E-state index in [0.29, 0.717) is 11.3 Å². The summed E-state index contributed by atoms with van der Waals surface area (Å²) in [4.78, 5) is 0. The van der Waals surface area contributed by atoms with E-state index in [4.69, 9.17) is 14.4 Å². The summed E-state index contributed by atoms with van der Waals surface area (Å²) in [5, 5.41) is 9.00. The van der Waals surface area contributed by atoms with Crippen LogP contribution in [0.2, 0.25) is 18.1 Å². The van der Waals surface area contributed by atoms with Crippen LogP contribution in [0.1, 0.15) is 26.3 Å². The van der Waals surface area contributed by atoms with Crippen molar-refractivity contribution in [1.82, 2.24) is 0 Å². The molecule has 0 saturated heterocycles. The minimum Gasteiger partial charge on any atom is -0.541 e. The van der Waals surface area contributed by atoms with Gasteiger partial charge in [0, 0.05) is 6.07 Å². The van der Waals surface area contributed by atoms with Gasteiger partial charge in [0.2, 0.25) is 0 Å². The molecule has 4 heteroatoms. The lowest BCUT2D eigenvalue weighted by Gasteiger charge is -2.36. The Kier molecular flexibility index (Phi) is 4.08. The van der Waals surface area contributed by atoms with Gasteiger partial charge in [-0.2, -0.15) is 5.26 Å². The van der Waals surface area contributed by atoms with Gasteiger partial charge in [-0.1, -0.05) is 20.8 Å². The predicted molar refractivity (Wildman–Crippen MR) is 75.5 cm³/mol. The zero-order valence-electron chi connectivity index (χ0n) is 12.0. The van der Waals surface area contributed by atoms with E-state index in [9.17, 15) is 0 Å². The Morgan fingerprint density at radius 2 is 1.78 bits per heavy atom. The Balaban J connectivity index is 3.09. The first kappa shape index (κ1) is 14.6. The van der Waals surface area contributed by atoms with Crippen molar-refractivity contribution < 1.29 is 9.16 Å². The Morgan fingerprint density at radius 1 is 1.17 bits per heavy atom. The van der Waals surface area contributed by atoms with E-state index in [2.05, 4.69) is 39.9 Å². The smallest absolute Gasteiger partial charge is 0.250 e. The third-order valence-electron chi connectivity index (χ3n) is 3.46. The van der Waals surface area contributed by atoms with Gasteiger partial charge in [-0.05, 0) is 30.3 Å². The molecule has 0 aromatic heterocycles. The summed E-state index contributed by atoms with van der Waals surface area (Å²) in [6.45, 7) is 10.9. The van der Waals surface area contributed by atoms with Gasteiger partial charge < -0.3 is 9.16 Å². The molecule has 18 heavy (non-hydrogen) atoms. The Labute approximate surface area is 110 Å². The molecule has 0 atom stereocenters. The van der Waals surface area contributed by atoms with Crippen LogP contribution >= 0.6 is 0 Å². The second-order valence-electron chi connectivity index (χ2n) is 5.84. The lowest BCUT2D eigenvalue weighted by atomic mass is 10.2. The Morgan fingerprint density at radius 3 is 2.22 bits per heavy atom. The summed E-state index contributed by atoms with van der Waals surface area (Å²) < 4.78 is 11.5. The van der Waals surface area contributed by atoms with Gasteiger partial charge in [-0.15, -0.1) is 0 Å². The molecule has 0 aliphatic carbocycles. The average Bonchev–Trinajstić information content (AvgIpc) is 2.27. The van der Waals surface area contributed by atoms with Crippen molar-refractivity contribution in [3.05, 3.63) is 23.8 Å². The predicted octanol–water partition coefficient (Wildman–Crippen LogP) is 3.95. The topological polar surface area (TPSA) is 42.2 Å². The normalized spacial score (nSPS) is 11.8. The van der Waals surface area contributed by atoms with Crippen LogP contribution in [-0.4, -0.2) is 15.4 Å². The number of nitrogens with zero attached hydrogens (tertiary/aromatic N) is 1. The molecule has 0 fully saturated rings. The van der Waals surface area contributed by atoms with Crippen molar-refractivity contribution in [2.24, 2.45) is 0 Å². The first-order valence-electron chi connectivity index (χ1n) is 5.98. The molecule has 0 unspecified atom stereocenters. The summed E-state index contributed by atoms with van der Waals surface area (Å²) in [6, 6.07) is 7.38. The molecule has 0 N–H and O–H groups in total. The lowest BCUT2D eigenvalue weighted by molar-refractivity contribution is 0.386. The second-order valence-corrected chi connectivity index (χ2v) is 10.6. The minimum atomic E-state index is -1.88. The van der Waals surface area contributed by atoms with Crippen LogP contribution < -0.4 is 9.16 Å². The maximum atomic E-state index is 8.87. The molecule has 0 aliphatic rings. The van der Waals surface area contributed by atoms with Crippen LogP contribution in [0.4, 0.5) is 0 Å². The van der Waals surface area contributed by atoms with Crippen LogP contribution in [0.25, 0.3) is 0 Å². The summed E-state index contributed by atoms with van der Waals surface area (Å²) in [6.07, 6.45) is 0. The van der Waals surface area contributed by atoms with Crippen LogP contribution in [0.5, 0.6) is 11.5 Å². The van der Waals surface area contributed by atoms with Crippen molar-refractivity contribution in [2.75, 3.05) is 7.11 Å². The zero-order chi connectivity index (χ0) is 14.0. The molecule has 1 aromatic rings. The molecule has 1 rings (SSSR count). The van der Waals surface area contributed by atoms with Crippen LogP contribution in [0.15, 0.2) is 18.2 Å². The standard InChI is InChI=1S/C14H21NO2Si/c1-14(2,3)18(5,6)17-12-8-7-11(10-15)9-13(12)16-4/h7-9H,1-6H3. The first-order valence-corrected chi connectivity index (χ1v) is 8.89. The molecule has 0 bridgehead atoms. The van der Waals surface area contributed by atoms with Gasteiger partial charge in [0.25, 0.3) is 8.32 Å². The highest BCUT2D eigenvalue weighted by Gasteiger charge is 2.39. The fraction of sp³-hybridized carbons (Fsp3) is 0.500. The highest BCUT2D eigenvalue weighted by molar-refractivity contribution is 6.74. The molecule has 0 radical (unpaired) electrons. The quantitative estimate of drug-likeness (QED) is 0.775. The van der Waals surface area contributed by atoms with E-state index in [-0.39, 0.29) is 5.04 Å². The molecular weight excluding hydrogens is 242 g/mol. The zero-order valence-corrected chi connectivity index (χ0v) is 13.0. The molecule has 3 nitrogen and oxygen atoms in total. The number of ether oxygens (including phenoxy) is 1. The molecule has 0 amide bonds. The Hall–Kier alpha value is -1.47. The third kappa shape index (κ3) is 3.05. The number of methoxy groups -OCH3 is 1. The summed E-state index contributed by atoms with van der Waals surface area (Å²) >= 11 is 0. The lowest BCUT2D eigenvalue weighted by Crippen LogP contribution is -2.43. The number of hydrogen-bond acceptors (Lipinski definition) is 3. The van der Waals surface area contributed by atoms with E-state index in [0.717, 1.165) is 5.75 Å². The highest BCUT2D eigenvalue weighted by atomic mass is 28.4. The van der Waals surface area contributed by atoms with Gasteiger partial charge in [-0.25, -0.2) is 0 Å². The van der Waals surface area contributed by atoms with Crippen molar-refractivity contribution in [3.63, 3.8) is 0 Å². The van der Waals surface area contributed by atoms with Gasteiger partial charge in [-0.3, -0.25) is 0 Å². The Bertz CT molecular complexity index is 470. The van der Waals surface area contributed by atoms with Gasteiger partial charge in [0.05, 0.1) is 18.7 Å². The monoisotopic (exact) mass is 263 g/mol. The largest absolute Gasteiger partial charge is 0.541 e. The van der Waals surface area contributed by atoms with Gasteiger partial charge >= 0.3 is 0 Å². The van der Waals surface area contributed by atoms with Crippen LogP contribution in [0, 0.1) is 11.3 Å². The molecular formula is C14H21NO2Si. The second kappa shape index (κ2) is 5.03. The molecule has 0 spiro atoms. The van der Waals surface area contributed by atoms with Crippen LogP contribution in [0.3, 0.4) is 0 Å². The average molecular weight is 263 g/mol. The number of hydrogen-bond donors (Lipinski definition) is 0. The van der Waals surface area contributed by atoms with Gasteiger partial charge in [0.15, 0.2) is 5.75 Å². The van der Waals surface area contributed by atoms with E-state index in [1.807, 2.05) is 6.07 Å². The number of nitriles is 1. The SMILES string of the molecule is COc1cc(C#N)ccc1O[Si](C)(C)C(C)(C)C. The van der Waals surface area contributed by atoms with Crippen molar-refractivity contribution in [2.45, 2.75) is 38.9 Å². The van der Waals surface area contributed by atoms with Gasteiger partial charge in [0.1, 0.15) is 5.75 Å². The maximum Gasteiger partial charge on any atom is 0.250 e. The minimum absolute atomic E-state index is 0.131. The third-order valence-corrected chi connectivity index (χ3v) is 7.81. The van der Waals surface area contributed by atoms with E-state index < -0.39 is 8.32 Å². The molecule has 98 valence electrons. The first-order chi connectivity index (χ1) is 8.21. The van der Waals surface area contributed by atoms with E-state index in [1.54, 1.807) is 19.2 Å². The fourth-order valence-corrected chi connectivity index (χ4v) is 2.27. The highest BCUT2D eigenvalue weighted by Crippen LogP contribution is 2.40. The van der Waals surface area contributed by atoms with Crippen molar-refractivity contribution in [1.29, 1.82) is 5.26 Å². The number of benzene rings is 1. The van der Waals surface area contributed by atoms with Crippen molar-refractivity contribution in [3.8, 4) is 17.6 Å². The van der Waals surface area contributed by atoms with Crippen LogP contribution in [-0.2, 0) is 0 Å². The fourth-order valence-electron chi connectivity index (χ4n) is 1.25. The molecule has 0 saturated carbocycles. The molecule has 1 aromatic carbocycles. The summed E-state index contributed by atoms with van der Waals surface area (Å²) in [7, 11) is -0.292. The summed E-state index contributed by atoms with van der Waals surface area (Å²) in [5.41, 5.74) is 0.578. The summed E-state index contributed by atoms with van der Waals surface area (Å²) in [5.74, 6) is 1.35. The maximum absolute atomic E-state index is 8.87. The van der Waals surface area contributed by atoms with E-state index >= 15 is 0 Å². The molecule has 0 heterocycles.